The van der Waals surface area contributed by atoms with Gasteiger partial charge in [-0.1, -0.05) is 30.3 Å². The highest BCUT2D eigenvalue weighted by atomic mass is 16.5. The van der Waals surface area contributed by atoms with Crippen molar-refractivity contribution in [1.29, 1.82) is 0 Å². The second-order valence-corrected chi connectivity index (χ2v) is 5.50. The second-order valence-electron chi connectivity index (χ2n) is 5.50. The monoisotopic (exact) mass is 291 g/mol. The third kappa shape index (κ3) is 5.73. The van der Waals surface area contributed by atoms with Gasteiger partial charge in [-0.3, -0.25) is 0 Å². The van der Waals surface area contributed by atoms with Crippen LogP contribution < -0.4 is 16.4 Å². The molecule has 21 heavy (non-hydrogen) atoms. The SMILES string of the molecule is NCCNC1CCC(NC(=O)OCc2ccccc2)CC1. The van der Waals surface area contributed by atoms with Gasteiger partial charge in [-0.05, 0) is 31.2 Å². The van der Waals surface area contributed by atoms with Crippen molar-refractivity contribution in [1.82, 2.24) is 10.6 Å². The third-order valence-electron chi connectivity index (χ3n) is 3.84. The number of nitrogens with one attached hydrogen (secondary N) is 2. The number of hydrogen-bond acceptors (Lipinski definition) is 4. The van der Waals surface area contributed by atoms with Gasteiger partial charge in [-0.2, -0.15) is 0 Å². The Morgan fingerprint density at radius 3 is 2.48 bits per heavy atom. The molecule has 1 aromatic rings. The van der Waals surface area contributed by atoms with Crippen LogP contribution in [0.5, 0.6) is 0 Å². The number of rotatable bonds is 6. The molecule has 1 aliphatic carbocycles. The molecule has 0 saturated heterocycles. The Morgan fingerprint density at radius 2 is 1.81 bits per heavy atom. The van der Waals surface area contributed by atoms with Crippen molar-refractivity contribution in [2.24, 2.45) is 5.73 Å². The molecular weight excluding hydrogens is 266 g/mol. The first-order valence-electron chi connectivity index (χ1n) is 7.68. The summed E-state index contributed by atoms with van der Waals surface area (Å²) < 4.78 is 5.24. The van der Waals surface area contributed by atoms with Gasteiger partial charge in [0.25, 0.3) is 0 Å². The zero-order chi connectivity index (χ0) is 14.9. The molecule has 1 aromatic carbocycles. The van der Waals surface area contributed by atoms with Crippen LogP contribution in [0.3, 0.4) is 0 Å². The largest absolute Gasteiger partial charge is 0.445 e. The summed E-state index contributed by atoms with van der Waals surface area (Å²) in [6.07, 6.45) is 3.80. The molecule has 0 atom stereocenters. The van der Waals surface area contributed by atoms with Gasteiger partial charge < -0.3 is 21.1 Å². The molecule has 1 aliphatic rings. The maximum absolute atomic E-state index is 11.8. The van der Waals surface area contributed by atoms with E-state index < -0.39 is 0 Å². The number of carbonyl (C=O) groups excluding carboxylic acids is 1. The first-order chi connectivity index (χ1) is 10.3. The van der Waals surface area contributed by atoms with Crippen molar-refractivity contribution in [2.45, 2.75) is 44.4 Å². The van der Waals surface area contributed by atoms with E-state index >= 15 is 0 Å². The van der Waals surface area contributed by atoms with Crippen LogP contribution >= 0.6 is 0 Å². The summed E-state index contributed by atoms with van der Waals surface area (Å²) in [4.78, 5) is 11.8. The van der Waals surface area contributed by atoms with Gasteiger partial charge in [-0.15, -0.1) is 0 Å². The molecular formula is C16H25N3O2. The second kappa shape index (κ2) is 8.64. The zero-order valence-electron chi connectivity index (χ0n) is 12.4. The fourth-order valence-electron chi connectivity index (χ4n) is 2.66. The topological polar surface area (TPSA) is 76.4 Å². The van der Waals surface area contributed by atoms with Crippen LogP contribution in [0.1, 0.15) is 31.2 Å². The van der Waals surface area contributed by atoms with E-state index in [4.69, 9.17) is 10.5 Å². The molecule has 1 fully saturated rings. The van der Waals surface area contributed by atoms with E-state index in [1.807, 2.05) is 30.3 Å². The van der Waals surface area contributed by atoms with Gasteiger partial charge in [0, 0.05) is 25.2 Å². The third-order valence-corrected chi connectivity index (χ3v) is 3.84. The quantitative estimate of drug-likeness (QED) is 0.746. The Kier molecular flexibility index (Phi) is 6.50. The van der Waals surface area contributed by atoms with E-state index in [1.54, 1.807) is 0 Å². The molecule has 0 bridgehead atoms. The van der Waals surface area contributed by atoms with Crippen LogP contribution in [-0.4, -0.2) is 31.3 Å². The Morgan fingerprint density at radius 1 is 1.14 bits per heavy atom. The molecule has 1 amide bonds. The van der Waals surface area contributed by atoms with Gasteiger partial charge in [0.2, 0.25) is 0 Å². The highest BCUT2D eigenvalue weighted by Gasteiger charge is 2.22. The highest BCUT2D eigenvalue weighted by molar-refractivity contribution is 5.67. The number of benzene rings is 1. The molecule has 4 N–H and O–H groups in total. The minimum absolute atomic E-state index is 0.226. The first-order valence-corrected chi connectivity index (χ1v) is 7.68. The maximum Gasteiger partial charge on any atom is 0.407 e. The van der Waals surface area contributed by atoms with E-state index in [0.29, 0.717) is 19.2 Å². The molecule has 5 heteroatoms. The van der Waals surface area contributed by atoms with Crippen LogP contribution in [-0.2, 0) is 11.3 Å². The average Bonchev–Trinajstić information content (AvgIpc) is 2.53. The maximum atomic E-state index is 11.8. The summed E-state index contributed by atoms with van der Waals surface area (Å²) in [5.74, 6) is 0. The molecule has 5 nitrogen and oxygen atoms in total. The van der Waals surface area contributed by atoms with E-state index in [0.717, 1.165) is 37.8 Å². The van der Waals surface area contributed by atoms with Gasteiger partial charge >= 0.3 is 6.09 Å². The van der Waals surface area contributed by atoms with Crippen LogP contribution in [0.25, 0.3) is 0 Å². The van der Waals surface area contributed by atoms with Crippen molar-refractivity contribution in [3.05, 3.63) is 35.9 Å². The molecule has 116 valence electrons. The minimum atomic E-state index is -0.322. The lowest BCUT2D eigenvalue weighted by atomic mass is 9.91. The lowest BCUT2D eigenvalue weighted by molar-refractivity contribution is 0.132. The number of carbonyl (C=O) groups is 1. The van der Waals surface area contributed by atoms with Crippen LogP contribution in [0.15, 0.2) is 30.3 Å². The molecule has 2 rings (SSSR count). The molecule has 0 unspecified atom stereocenters. The van der Waals surface area contributed by atoms with Crippen molar-refractivity contribution >= 4 is 6.09 Å². The lowest BCUT2D eigenvalue weighted by Crippen LogP contribution is -2.43. The Labute approximate surface area is 126 Å². The predicted octanol–water partition coefficient (Wildman–Crippen LogP) is 1.77. The average molecular weight is 291 g/mol. The van der Waals surface area contributed by atoms with Gasteiger partial charge in [-0.25, -0.2) is 4.79 Å². The van der Waals surface area contributed by atoms with Crippen molar-refractivity contribution in [2.75, 3.05) is 13.1 Å². The number of alkyl carbamates (subject to hydrolysis) is 1. The highest BCUT2D eigenvalue weighted by Crippen LogP contribution is 2.18. The lowest BCUT2D eigenvalue weighted by Gasteiger charge is -2.29. The van der Waals surface area contributed by atoms with Crippen LogP contribution in [0.4, 0.5) is 4.79 Å². The van der Waals surface area contributed by atoms with Gasteiger partial charge in [0.15, 0.2) is 0 Å². The summed E-state index contributed by atoms with van der Waals surface area (Å²) in [7, 11) is 0. The predicted molar refractivity (Wildman–Crippen MR) is 82.9 cm³/mol. The summed E-state index contributed by atoms with van der Waals surface area (Å²) in [5.41, 5.74) is 6.49. The summed E-state index contributed by atoms with van der Waals surface area (Å²) >= 11 is 0. The Hall–Kier alpha value is -1.59. The fraction of sp³-hybridized carbons (Fsp3) is 0.562. The van der Waals surface area contributed by atoms with Gasteiger partial charge in [0.05, 0.1) is 0 Å². The van der Waals surface area contributed by atoms with E-state index in [1.165, 1.54) is 0 Å². The minimum Gasteiger partial charge on any atom is -0.445 e. The molecule has 0 aromatic heterocycles. The van der Waals surface area contributed by atoms with E-state index in [-0.39, 0.29) is 12.1 Å². The molecule has 0 aliphatic heterocycles. The Balaban J connectivity index is 1.63. The number of ether oxygens (including phenoxy) is 1. The van der Waals surface area contributed by atoms with Crippen molar-refractivity contribution in [3.63, 3.8) is 0 Å². The number of nitrogens with two attached hydrogens (primary N) is 1. The van der Waals surface area contributed by atoms with Crippen molar-refractivity contribution < 1.29 is 9.53 Å². The first kappa shape index (κ1) is 15.8. The van der Waals surface area contributed by atoms with Crippen LogP contribution in [0, 0.1) is 0 Å². The molecule has 0 spiro atoms. The van der Waals surface area contributed by atoms with E-state index in [2.05, 4.69) is 10.6 Å². The Bertz CT molecular complexity index is 417. The van der Waals surface area contributed by atoms with E-state index in [9.17, 15) is 4.79 Å². The molecule has 1 saturated carbocycles. The smallest absolute Gasteiger partial charge is 0.407 e. The number of hydrogen-bond donors (Lipinski definition) is 3. The van der Waals surface area contributed by atoms with Crippen molar-refractivity contribution in [3.8, 4) is 0 Å². The van der Waals surface area contributed by atoms with Crippen LogP contribution in [0.2, 0.25) is 0 Å². The summed E-state index contributed by atoms with van der Waals surface area (Å²) in [6.45, 7) is 1.85. The summed E-state index contributed by atoms with van der Waals surface area (Å²) in [5, 5.41) is 6.37. The normalized spacial score (nSPS) is 21.8. The zero-order valence-corrected chi connectivity index (χ0v) is 12.4. The van der Waals surface area contributed by atoms with Gasteiger partial charge in [0.1, 0.15) is 6.61 Å². The number of amides is 1. The fourth-order valence-corrected chi connectivity index (χ4v) is 2.66. The standard InChI is InChI=1S/C16H25N3O2/c17-10-11-18-14-6-8-15(9-7-14)19-16(20)21-12-13-4-2-1-3-5-13/h1-5,14-15,18H,6-12,17H2,(H,19,20). The molecule has 0 radical (unpaired) electrons. The summed E-state index contributed by atoms with van der Waals surface area (Å²) in [6, 6.07) is 10.5. The molecule has 0 heterocycles.